The van der Waals surface area contributed by atoms with Crippen LogP contribution in [0.25, 0.3) is 11.1 Å². The van der Waals surface area contributed by atoms with Gasteiger partial charge in [0.05, 0.1) is 18.8 Å². The molecule has 0 radical (unpaired) electrons. The molecule has 1 N–H and O–H groups in total. The molecule has 21 heavy (non-hydrogen) atoms. The molecule has 3 rings (SSSR count). The number of ether oxygens (including phenoxy) is 2. The fourth-order valence-corrected chi connectivity index (χ4v) is 2.44. The van der Waals surface area contributed by atoms with Crippen molar-refractivity contribution in [1.82, 2.24) is 0 Å². The molecule has 2 aromatic carbocycles. The zero-order chi connectivity index (χ0) is 14.8. The molecule has 4 nitrogen and oxygen atoms in total. The molecule has 1 heterocycles. The fraction of sp³-hybridized carbons (Fsp3) is 0.188. The molecular weight excluding hydrogens is 292 g/mol. The summed E-state index contributed by atoms with van der Waals surface area (Å²) >= 11 is 6.19. The first-order valence-electron chi connectivity index (χ1n) is 6.58. The van der Waals surface area contributed by atoms with E-state index in [0.29, 0.717) is 35.3 Å². The van der Waals surface area contributed by atoms with Gasteiger partial charge < -0.3 is 14.6 Å². The van der Waals surface area contributed by atoms with Crippen LogP contribution in [0.1, 0.15) is 16.8 Å². The summed E-state index contributed by atoms with van der Waals surface area (Å²) in [5, 5.41) is 9.58. The van der Waals surface area contributed by atoms with Gasteiger partial charge in [-0.25, -0.2) is 4.79 Å². The van der Waals surface area contributed by atoms with E-state index in [1.165, 1.54) is 6.07 Å². The third-order valence-corrected chi connectivity index (χ3v) is 3.60. The van der Waals surface area contributed by atoms with E-state index in [1.807, 2.05) is 18.2 Å². The number of halogens is 1. The summed E-state index contributed by atoms with van der Waals surface area (Å²) in [7, 11) is 0. The minimum atomic E-state index is -0.984. The highest BCUT2D eigenvalue weighted by atomic mass is 35.5. The van der Waals surface area contributed by atoms with E-state index in [1.54, 1.807) is 12.1 Å². The molecule has 0 unspecified atom stereocenters. The van der Waals surface area contributed by atoms with Crippen LogP contribution in [0.4, 0.5) is 0 Å². The highest BCUT2D eigenvalue weighted by Crippen LogP contribution is 2.36. The molecule has 0 saturated carbocycles. The van der Waals surface area contributed by atoms with Crippen molar-refractivity contribution in [3.8, 4) is 22.6 Å². The minimum Gasteiger partial charge on any atom is -0.490 e. The molecule has 0 saturated heterocycles. The molecule has 108 valence electrons. The van der Waals surface area contributed by atoms with Crippen molar-refractivity contribution in [3.63, 3.8) is 0 Å². The third kappa shape index (κ3) is 2.81. The number of rotatable bonds is 2. The molecule has 0 fully saturated rings. The molecule has 1 aliphatic heterocycles. The number of carbonyl (C=O) groups is 1. The smallest absolute Gasteiger partial charge is 0.335 e. The molecule has 0 atom stereocenters. The maximum Gasteiger partial charge on any atom is 0.335 e. The highest BCUT2D eigenvalue weighted by molar-refractivity contribution is 6.33. The van der Waals surface area contributed by atoms with Crippen LogP contribution in [-0.4, -0.2) is 24.3 Å². The van der Waals surface area contributed by atoms with Crippen molar-refractivity contribution in [2.75, 3.05) is 13.2 Å². The summed E-state index contributed by atoms with van der Waals surface area (Å²) in [4.78, 5) is 11.1. The Balaban J connectivity index is 2.06. The van der Waals surface area contributed by atoms with E-state index in [4.69, 9.17) is 26.2 Å². The van der Waals surface area contributed by atoms with Crippen LogP contribution in [0.5, 0.6) is 11.5 Å². The average molecular weight is 305 g/mol. The van der Waals surface area contributed by atoms with Crippen molar-refractivity contribution < 1.29 is 19.4 Å². The summed E-state index contributed by atoms with van der Waals surface area (Å²) in [6, 6.07) is 10.1. The standard InChI is InChI=1S/C16H13ClO4/c17-13-4-2-11(16(18)19)8-12(13)10-3-5-14-15(9-10)21-7-1-6-20-14/h2-5,8-9H,1,6-7H2,(H,18,19). The van der Waals surface area contributed by atoms with Gasteiger partial charge in [0.25, 0.3) is 0 Å². The SMILES string of the molecule is O=C(O)c1ccc(Cl)c(-c2ccc3c(c2)OCCCO3)c1. The lowest BCUT2D eigenvalue weighted by molar-refractivity contribution is 0.0697. The first-order valence-corrected chi connectivity index (χ1v) is 6.96. The zero-order valence-electron chi connectivity index (χ0n) is 11.1. The van der Waals surface area contributed by atoms with E-state index in [9.17, 15) is 4.79 Å². The van der Waals surface area contributed by atoms with Crippen LogP contribution < -0.4 is 9.47 Å². The predicted octanol–water partition coefficient (Wildman–Crippen LogP) is 3.87. The second kappa shape index (κ2) is 5.66. The van der Waals surface area contributed by atoms with Gasteiger partial charge in [0, 0.05) is 17.0 Å². The molecule has 0 spiro atoms. The Labute approximate surface area is 126 Å². The molecule has 0 aromatic heterocycles. The number of hydrogen-bond acceptors (Lipinski definition) is 3. The van der Waals surface area contributed by atoms with Gasteiger partial charge in [-0.2, -0.15) is 0 Å². The van der Waals surface area contributed by atoms with Crippen LogP contribution in [-0.2, 0) is 0 Å². The summed E-state index contributed by atoms with van der Waals surface area (Å²) in [5.74, 6) is 0.366. The lowest BCUT2D eigenvalue weighted by atomic mass is 10.0. The van der Waals surface area contributed by atoms with Crippen molar-refractivity contribution in [2.45, 2.75) is 6.42 Å². The second-order valence-corrected chi connectivity index (χ2v) is 5.12. The molecular formula is C16H13ClO4. The Morgan fingerprint density at radius 2 is 1.81 bits per heavy atom. The zero-order valence-corrected chi connectivity index (χ0v) is 11.9. The van der Waals surface area contributed by atoms with Crippen LogP contribution in [0.2, 0.25) is 5.02 Å². The van der Waals surface area contributed by atoms with Gasteiger partial charge in [-0.05, 0) is 35.9 Å². The topological polar surface area (TPSA) is 55.8 Å². The van der Waals surface area contributed by atoms with Gasteiger partial charge in [-0.15, -0.1) is 0 Å². The van der Waals surface area contributed by atoms with Crippen LogP contribution in [0, 0.1) is 0 Å². The van der Waals surface area contributed by atoms with Crippen molar-refractivity contribution in [2.24, 2.45) is 0 Å². The van der Waals surface area contributed by atoms with Crippen molar-refractivity contribution in [3.05, 3.63) is 47.0 Å². The average Bonchev–Trinajstić information content (AvgIpc) is 2.72. The van der Waals surface area contributed by atoms with E-state index >= 15 is 0 Å². The van der Waals surface area contributed by atoms with E-state index < -0.39 is 5.97 Å². The van der Waals surface area contributed by atoms with Crippen LogP contribution >= 0.6 is 11.6 Å². The number of carboxylic acid groups (broad SMARTS) is 1. The normalized spacial score (nSPS) is 13.6. The number of aromatic carboxylic acids is 1. The van der Waals surface area contributed by atoms with Gasteiger partial charge in [0.2, 0.25) is 0 Å². The summed E-state index contributed by atoms with van der Waals surface area (Å²) in [6.07, 6.45) is 0.833. The van der Waals surface area contributed by atoms with Gasteiger partial charge in [0.1, 0.15) is 0 Å². The van der Waals surface area contributed by atoms with Crippen LogP contribution in [0.15, 0.2) is 36.4 Å². The Kier molecular flexibility index (Phi) is 3.71. The molecule has 0 amide bonds. The molecule has 0 aliphatic carbocycles. The molecule has 2 aromatic rings. The minimum absolute atomic E-state index is 0.196. The molecule has 0 bridgehead atoms. The maximum atomic E-state index is 11.1. The number of hydrogen-bond donors (Lipinski definition) is 1. The number of fused-ring (bicyclic) bond motifs is 1. The molecule has 1 aliphatic rings. The quantitative estimate of drug-likeness (QED) is 0.915. The van der Waals surface area contributed by atoms with Gasteiger partial charge >= 0.3 is 5.97 Å². The monoisotopic (exact) mass is 304 g/mol. The van der Waals surface area contributed by atoms with Crippen molar-refractivity contribution >= 4 is 17.6 Å². The lowest BCUT2D eigenvalue weighted by Crippen LogP contribution is -1.97. The Hall–Kier alpha value is -2.20. The van der Waals surface area contributed by atoms with E-state index in [-0.39, 0.29) is 5.56 Å². The molecule has 5 heteroatoms. The number of carboxylic acids is 1. The Morgan fingerprint density at radius 3 is 2.57 bits per heavy atom. The second-order valence-electron chi connectivity index (χ2n) is 4.71. The summed E-state index contributed by atoms with van der Waals surface area (Å²) < 4.78 is 11.2. The number of benzene rings is 2. The fourth-order valence-electron chi connectivity index (χ4n) is 2.21. The Bertz CT molecular complexity index is 697. The Morgan fingerprint density at radius 1 is 1.05 bits per heavy atom. The third-order valence-electron chi connectivity index (χ3n) is 3.27. The lowest BCUT2D eigenvalue weighted by Gasteiger charge is -2.11. The summed E-state index contributed by atoms with van der Waals surface area (Å²) in [5.41, 5.74) is 1.65. The summed E-state index contributed by atoms with van der Waals surface area (Å²) in [6.45, 7) is 1.22. The van der Waals surface area contributed by atoms with Gasteiger partial charge in [0.15, 0.2) is 11.5 Å². The first-order chi connectivity index (χ1) is 10.1. The largest absolute Gasteiger partial charge is 0.490 e. The highest BCUT2D eigenvalue weighted by Gasteiger charge is 2.14. The predicted molar refractivity (Wildman–Crippen MR) is 79.5 cm³/mol. The van der Waals surface area contributed by atoms with Crippen molar-refractivity contribution in [1.29, 1.82) is 0 Å². The van der Waals surface area contributed by atoms with Crippen LogP contribution in [0.3, 0.4) is 0 Å². The maximum absolute atomic E-state index is 11.1. The van der Waals surface area contributed by atoms with E-state index in [0.717, 1.165) is 12.0 Å². The first kappa shape index (κ1) is 13.8. The van der Waals surface area contributed by atoms with E-state index in [2.05, 4.69) is 0 Å². The van der Waals surface area contributed by atoms with Gasteiger partial charge in [-0.3, -0.25) is 0 Å². The van der Waals surface area contributed by atoms with Gasteiger partial charge in [-0.1, -0.05) is 17.7 Å².